The summed E-state index contributed by atoms with van der Waals surface area (Å²) in [6.45, 7) is 0.524. The molecule has 1 N–H and O–H groups in total. The standard InChI is InChI=1S/C15H13F3N2/c16-15(17,18)14-8-4-7-13(9-14)11-20-19-10-12-5-2-1-3-6-12/h1-9,11,19H,10H2. The minimum atomic E-state index is -4.33. The second-order valence-corrected chi connectivity index (χ2v) is 4.20. The minimum absolute atomic E-state index is 0.403. The number of hydrazone groups is 1. The molecule has 5 heteroatoms. The lowest BCUT2D eigenvalue weighted by molar-refractivity contribution is -0.137. The number of nitrogens with one attached hydrogen (secondary N) is 1. The van der Waals surface area contributed by atoms with Gasteiger partial charge in [0.05, 0.1) is 18.3 Å². The Balaban J connectivity index is 1.95. The van der Waals surface area contributed by atoms with Gasteiger partial charge >= 0.3 is 6.18 Å². The van der Waals surface area contributed by atoms with Crippen molar-refractivity contribution in [2.45, 2.75) is 12.7 Å². The normalized spacial score (nSPS) is 11.8. The van der Waals surface area contributed by atoms with Gasteiger partial charge in [0, 0.05) is 0 Å². The van der Waals surface area contributed by atoms with Crippen molar-refractivity contribution in [2.24, 2.45) is 5.10 Å². The molecule has 0 unspecified atom stereocenters. The van der Waals surface area contributed by atoms with Crippen LogP contribution in [0.2, 0.25) is 0 Å². The molecule has 0 bridgehead atoms. The van der Waals surface area contributed by atoms with E-state index < -0.39 is 11.7 Å². The lowest BCUT2D eigenvalue weighted by Gasteiger charge is -2.06. The van der Waals surface area contributed by atoms with Crippen molar-refractivity contribution >= 4 is 6.21 Å². The summed E-state index contributed by atoms with van der Waals surface area (Å²) in [5.74, 6) is 0. The van der Waals surface area contributed by atoms with E-state index in [9.17, 15) is 13.2 Å². The summed E-state index contributed by atoms with van der Waals surface area (Å²) in [4.78, 5) is 0. The fourth-order valence-electron chi connectivity index (χ4n) is 1.65. The molecule has 0 aliphatic carbocycles. The molecule has 0 fully saturated rings. The molecule has 0 heterocycles. The predicted octanol–water partition coefficient (Wildman–Crippen LogP) is 3.83. The zero-order chi connectivity index (χ0) is 14.4. The van der Waals surface area contributed by atoms with E-state index in [1.165, 1.54) is 12.3 Å². The molecule has 0 aromatic heterocycles. The van der Waals surface area contributed by atoms with Gasteiger partial charge in [-0.15, -0.1) is 0 Å². The van der Waals surface area contributed by atoms with Crippen LogP contribution >= 0.6 is 0 Å². The van der Waals surface area contributed by atoms with Crippen molar-refractivity contribution in [3.05, 3.63) is 71.3 Å². The minimum Gasteiger partial charge on any atom is -0.306 e. The number of rotatable bonds is 4. The van der Waals surface area contributed by atoms with Gasteiger partial charge in [0.25, 0.3) is 0 Å². The van der Waals surface area contributed by atoms with Gasteiger partial charge in [-0.05, 0) is 23.3 Å². The van der Waals surface area contributed by atoms with Gasteiger partial charge in [-0.3, -0.25) is 0 Å². The largest absolute Gasteiger partial charge is 0.416 e. The molecule has 0 saturated carbocycles. The molecule has 2 rings (SSSR count). The summed E-state index contributed by atoms with van der Waals surface area (Å²) < 4.78 is 37.6. The third-order valence-corrected chi connectivity index (χ3v) is 2.64. The molecule has 0 spiro atoms. The van der Waals surface area contributed by atoms with E-state index in [-0.39, 0.29) is 0 Å². The van der Waals surface area contributed by atoms with Crippen LogP contribution in [0.15, 0.2) is 59.7 Å². The molecule has 2 aromatic rings. The van der Waals surface area contributed by atoms with E-state index in [4.69, 9.17) is 0 Å². The number of nitrogens with zero attached hydrogens (tertiary/aromatic N) is 1. The molecule has 0 saturated heterocycles. The van der Waals surface area contributed by atoms with Gasteiger partial charge < -0.3 is 5.43 Å². The summed E-state index contributed by atoms with van der Waals surface area (Å²) in [6.07, 6.45) is -2.96. The molecule has 0 radical (unpaired) electrons. The van der Waals surface area contributed by atoms with Gasteiger partial charge in [-0.1, -0.05) is 42.5 Å². The predicted molar refractivity (Wildman–Crippen MR) is 72.3 cm³/mol. The molecule has 2 aromatic carbocycles. The Bertz CT molecular complexity index is 577. The van der Waals surface area contributed by atoms with Crippen molar-refractivity contribution < 1.29 is 13.2 Å². The lowest BCUT2D eigenvalue weighted by Crippen LogP contribution is -2.07. The zero-order valence-electron chi connectivity index (χ0n) is 10.6. The van der Waals surface area contributed by atoms with Crippen LogP contribution < -0.4 is 5.43 Å². The first-order valence-corrected chi connectivity index (χ1v) is 6.03. The smallest absolute Gasteiger partial charge is 0.306 e. The Morgan fingerprint density at radius 1 is 1.00 bits per heavy atom. The van der Waals surface area contributed by atoms with Crippen LogP contribution in [0.1, 0.15) is 16.7 Å². The topological polar surface area (TPSA) is 24.4 Å². The fourth-order valence-corrected chi connectivity index (χ4v) is 1.65. The molecular weight excluding hydrogens is 265 g/mol. The second kappa shape index (κ2) is 6.23. The first-order valence-electron chi connectivity index (χ1n) is 6.03. The Morgan fingerprint density at radius 3 is 2.45 bits per heavy atom. The third-order valence-electron chi connectivity index (χ3n) is 2.64. The van der Waals surface area contributed by atoms with E-state index in [2.05, 4.69) is 10.5 Å². The first kappa shape index (κ1) is 14.1. The van der Waals surface area contributed by atoms with Gasteiger partial charge in [0.15, 0.2) is 0 Å². The molecule has 104 valence electrons. The molecule has 20 heavy (non-hydrogen) atoms. The number of halogens is 3. The summed E-state index contributed by atoms with van der Waals surface area (Å²) >= 11 is 0. The van der Waals surface area contributed by atoms with Crippen LogP contribution in [0, 0.1) is 0 Å². The number of benzene rings is 2. The van der Waals surface area contributed by atoms with Crippen LogP contribution in [0.25, 0.3) is 0 Å². The van der Waals surface area contributed by atoms with Crippen molar-refractivity contribution in [3.63, 3.8) is 0 Å². The maximum Gasteiger partial charge on any atom is 0.416 e. The average molecular weight is 278 g/mol. The summed E-state index contributed by atoms with van der Waals surface area (Å²) in [7, 11) is 0. The maximum absolute atomic E-state index is 12.5. The summed E-state index contributed by atoms with van der Waals surface area (Å²) in [5, 5.41) is 3.92. The monoisotopic (exact) mass is 278 g/mol. The van der Waals surface area contributed by atoms with Gasteiger partial charge in [-0.2, -0.15) is 18.3 Å². The van der Waals surface area contributed by atoms with Crippen molar-refractivity contribution in [1.29, 1.82) is 0 Å². The number of alkyl halides is 3. The van der Waals surface area contributed by atoms with Crippen molar-refractivity contribution in [2.75, 3.05) is 0 Å². The molecule has 0 aliphatic heterocycles. The molecule has 0 atom stereocenters. The Morgan fingerprint density at radius 2 is 1.75 bits per heavy atom. The highest BCUT2D eigenvalue weighted by atomic mass is 19.4. The van der Waals surface area contributed by atoms with E-state index in [0.717, 1.165) is 17.7 Å². The van der Waals surface area contributed by atoms with Gasteiger partial charge in [0.1, 0.15) is 0 Å². The summed E-state index contributed by atoms with van der Waals surface area (Å²) in [5.41, 5.74) is 3.57. The van der Waals surface area contributed by atoms with E-state index >= 15 is 0 Å². The number of hydrogen-bond donors (Lipinski definition) is 1. The van der Waals surface area contributed by atoms with Crippen molar-refractivity contribution in [3.8, 4) is 0 Å². The zero-order valence-corrected chi connectivity index (χ0v) is 10.6. The van der Waals surface area contributed by atoms with Crippen molar-refractivity contribution in [1.82, 2.24) is 5.43 Å². The summed E-state index contributed by atoms with van der Waals surface area (Å²) in [6, 6.07) is 14.6. The highest BCUT2D eigenvalue weighted by Crippen LogP contribution is 2.29. The number of hydrogen-bond acceptors (Lipinski definition) is 2. The van der Waals surface area contributed by atoms with Crippen LogP contribution in [0.5, 0.6) is 0 Å². The maximum atomic E-state index is 12.5. The van der Waals surface area contributed by atoms with E-state index in [1.54, 1.807) is 6.07 Å². The molecule has 0 amide bonds. The quantitative estimate of drug-likeness (QED) is 0.667. The SMILES string of the molecule is FC(F)(F)c1cccc(C=NNCc2ccccc2)c1. The molecule has 2 nitrogen and oxygen atoms in total. The Labute approximate surface area is 114 Å². The van der Waals surface area contributed by atoms with Crippen LogP contribution in [-0.2, 0) is 12.7 Å². The van der Waals surface area contributed by atoms with Gasteiger partial charge in [-0.25, -0.2) is 0 Å². The third kappa shape index (κ3) is 4.12. The van der Waals surface area contributed by atoms with Crippen LogP contribution in [0.4, 0.5) is 13.2 Å². The fraction of sp³-hybridized carbons (Fsp3) is 0.133. The van der Waals surface area contributed by atoms with E-state index in [0.29, 0.717) is 12.1 Å². The van der Waals surface area contributed by atoms with Gasteiger partial charge in [0.2, 0.25) is 0 Å². The lowest BCUT2D eigenvalue weighted by atomic mass is 10.1. The average Bonchev–Trinajstić information content (AvgIpc) is 2.44. The molecule has 0 aliphatic rings. The van der Waals surface area contributed by atoms with Crippen LogP contribution in [-0.4, -0.2) is 6.21 Å². The Hall–Kier alpha value is -2.30. The van der Waals surface area contributed by atoms with E-state index in [1.807, 2.05) is 30.3 Å². The Kier molecular flexibility index (Phi) is 4.40. The molecular formula is C15H13F3N2. The first-order chi connectivity index (χ1) is 9.55. The van der Waals surface area contributed by atoms with Crippen LogP contribution in [0.3, 0.4) is 0 Å². The highest BCUT2D eigenvalue weighted by Gasteiger charge is 2.30. The second-order valence-electron chi connectivity index (χ2n) is 4.20. The highest BCUT2D eigenvalue weighted by molar-refractivity contribution is 5.79.